The van der Waals surface area contributed by atoms with Gasteiger partial charge in [0.1, 0.15) is 36.9 Å². The number of allylic oxidation sites excluding steroid dienone is 4. The highest BCUT2D eigenvalue weighted by Crippen LogP contribution is 2.44. The molecule has 0 amide bonds. The molecule has 2 heterocycles. The molecule has 2 atom stereocenters. The fourth-order valence-electron chi connectivity index (χ4n) is 4.53. The Labute approximate surface area is 276 Å². The van der Waals surface area contributed by atoms with Gasteiger partial charge in [-0.2, -0.15) is 0 Å². The molecule has 0 saturated carbocycles. The summed E-state index contributed by atoms with van der Waals surface area (Å²) >= 11 is 15.4. The first kappa shape index (κ1) is 32.7. The lowest BCUT2D eigenvalue weighted by Crippen LogP contribution is -2.12. The maximum Gasteiger partial charge on any atom is 0.128 e. The van der Waals surface area contributed by atoms with Crippen LogP contribution in [0.3, 0.4) is 0 Å². The molecule has 41 heavy (non-hydrogen) atoms. The smallest absolute Gasteiger partial charge is 0.128 e. The second-order valence-electron chi connectivity index (χ2n) is 9.78. The molecule has 2 aliphatic rings. The normalized spacial score (nSPS) is 17.2. The van der Waals surface area contributed by atoms with Crippen LogP contribution in [0.15, 0.2) is 68.5 Å². The Morgan fingerprint density at radius 2 is 0.854 bits per heavy atom. The Kier molecular flexibility index (Phi) is 12.4. The standard InChI is InChI=1S/C32H34Br4O5/c1-5-9-21-27(33)25(28(34)22(10-6-2)31(21)40-15-19-13-38-19)17-37-18-26-29(35)23(11-7-3)32(41-16-20-14-39-20)24(12-8-4)30(26)36/h5-8,19-20H,1-4,9-18H2. The van der Waals surface area contributed by atoms with Gasteiger partial charge in [0.2, 0.25) is 0 Å². The summed E-state index contributed by atoms with van der Waals surface area (Å²) in [6.07, 6.45) is 10.4. The van der Waals surface area contributed by atoms with Gasteiger partial charge < -0.3 is 23.7 Å². The van der Waals surface area contributed by atoms with Crippen molar-refractivity contribution in [2.24, 2.45) is 0 Å². The molecule has 0 aliphatic carbocycles. The highest BCUT2D eigenvalue weighted by Gasteiger charge is 2.28. The van der Waals surface area contributed by atoms with Crippen molar-refractivity contribution in [3.05, 3.63) is 102 Å². The third kappa shape index (κ3) is 8.05. The number of benzene rings is 2. The van der Waals surface area contributed by atoms with E-state index in [9.17, 15) is 0 Å². The van der Waals surface area contributed by atoms with E-state index in [1.165, 1.54) is 0 Å². The van der Waals surface area contributed by atoms with Gasteiger partial charge in [0.15, 0.2) is 0 Å². The van der Waals surface area contributed by atoms with Crippen molar-refractivity contribution in [2.45, 2.75) is 51.1 Å². The molecule has 4 rings (SSSR count). The molecule has 2 unspecified atom stereocenters. The largest absolute Gasteiger partial charge is 0.490 e. The molecule has 0 radical (unpaired) electrons. The van der Waals surface area contributed by atoms with Crippen LogP contribution in [-0.2, 0) is 53.1 Å². The SMILES string of the molecule is C=CCc1c(Br)c(COCc2c(Br)c(CC=C)c(OCC3CO3)c(CC=C)c2Br)c(Br)c(CC=C)c1OCC1CO1. The molecule has 9 heteroatoms. The zero-order chi connectivity index (χ0) is 29.5. The third-order valence-corrected chi connectivity index (χ3v) is 10.6. The van der Waals surface area contributed by atoms with Crippen molar-refractivity contribution in [2.75, 3.05) is 26.4 Å². The fourth-order valence-corrected chi connectivity index (χ4v) is 7.68. The Bertz CT molecular complexity index is 1140. The second-order valence-corrected chi connectivity index (χ2v) is 13.0. The number of rotatable bonds is 18. The maximum atomic E-state index is 6.41. The van der Waals surface area contributed by atoms with Crippen molar-refractivity contribution in [1.82, 2.24) is 0 Å². The zero-order valence-corrected chi connectivity index (χ0v) is 29.3. The molecule has 2 aromatic rings. The summed E-state index contributed by atoms with van der Waals surface area (Å²) in [5.74, 6) is 1.67. The van der Waals surface area contributed by atoms with E-state index in [1.807, 2.05) is 24.3 Å². The van der Waals surface area contributed by atoms with Crippen molar-refractivity contribution >= 4 is 63.7 Å². The van der Waals surface area contributed by atoms with Gasteiger partial charge in [-0.15, -0.1) is 26.3 Å². The summed E-state index contributed by atoms with van der Waals surface area (Å²) in [4.78, 5) is 0. The van der Waals surface area contributed by atoms with Crippen LogP contribution >= 0.6 is 63.7 Å². The summed E-state index contributed by atoms with van der Waals surface area (Å²) in [6, 6.07) is 0. The quantitative estimate of drug-likeness (QED) is 0.111. The molecule has 5 nitrogen and oxygen atoms in total. The maximum absolute atomic E-state index is 6.41. The van der Waals surface area contributed by atoms with Crippen LogP contribution in [0.5, 0.6) is 11.5 Å². The summed E-state index contributed by atoms with van der Waals surface area (Å²) < 4.78 is 33.4. The summed E-state index contributed by atoms with van der Waals surface area (Å²) in [6.45, 7) is 19.1. The third-order valence-electron chi connectivity index (χ3n) is 6.73. The Morgan fingerprint density at radius 3 is 1.10 bits per heavy atom. The lowest BCUT2D eigenvalue weighted by Gasteiger charge is -2.23. The molecular weight excluding hydrogens is 784 g/mol. The van der Waals surface area contributed by atoms with Crippen LogP contribution in [-0.4, -0.2) is 38.6 Å². The van der Waals surface area contributed by atoms with E-state index < -0.39 is 0 Å². The molecular formula is C32H34Br4O5. The Balaban J connectivity index is 1.65. The lowest BCUT2D eigenvalue weighted by molar-refractivity contribution is 0.105. The molecule has 220 valence electrons. The average molecular weight is 818 g/mol. The van der Waals surface area contributed by atoms with Crippen molar-refractivity contribution < 1.29 is 23.7 Å². The predicted molar refractivity (Wildman–Crippen MR) is 178 cm³/mol. The minimum Gasteiger partial charge on any atom is -0.490 e. The Morgan fingerprint density at radius 1 is 0.561 bits per heavy atom. The number of halogens is 4. The molecule has 0 bridgehead atoms. The predicted octanol–water partition coefficient (Wildman–Crippen LogP) is 8.92. The number of epoxide rings is 2. The lowest BCUT2D eigenvalue weighted by atomic mass is 9.99. The van der Waals surface area contributed by atoms with E-state index in [4.69, 9.17) is 23.7 Å². The first-order valence-electron chi connectivity index (χ1n) is 13.4. The van der Waals surface area contributed by atoms with Crippen molar-refractivity contribution in [3.8, 4) is 11.5 Å². The average Bonchev–Trinajstić information content (AvgIpc) is 3.88. The molecule has 2 fully saturated rings. The van der Waals surface area contributed by atoms with Gasteiger partial charge in [-0.3, -0.25) is 0 Å². The van der Waals surface area contributed by atoms with Gasteiger partial charge in [0.05, 0.1) is 26.4 Å². The first-order valence-corrected chi connectivity index (χ1v) is 16.6. The first-order chi connectivity index (χ1) is 19.9. The summed E-state index contributed by atoms with van der Waals surface area (Å²) in [5.41, 5.74) is 6.13. The molecule has 2 aliphatic heterocycles. The van der Waals surface area contributed by atoms with Crippen LogP contribution < -0.4 is 9.47 Å². The van der Waals surface area contributed by atoms with Crippen molar-refractivity contribution in [1.29, 1.82) is 0 Å². The van der Waals surface area contributed by atoms with Gasteiger partial charge in [0, 0.05) is 51.3 Å². The van der Waals surface area contributed by atoms with Gasteiger partial charge in [0.25, 0.3) is 0 Å². The van der Waals surface area contributed by atoms with Crippen LogP contribution in [0.25, 0.3) is 0 Å². The summed E-state index contributed by atoms with van der Waals surface area (Å²) in [5, 5.41) is 0. The fraction of sp³-hybridized carbons (Fsp3) is 0.375. The van der Waals surface area contributed by atoms with Crippen LogP contribution in [0.2, 0.25) is 0 Å². The van der Waals surface area contributed by atoms with E-state index in [0.29, 0.717) is 52.1 Å². The Hall–Kier alpha value is -1.20. The number of hydrogen-bond donors (Lipinski definition) is 0. The minimum absolute atomic E-state index is 0.149. The molecule has 0 spiro atoms. The van der Waals surface area contributed by atoms with Crippen molar-refractivity contribution in [3.63, 3.8) is 0 Å². The van der Waals surface area contributed by atoms with Gasteiger partial charge in [-0.1, -0.05) is 24.3 Å². The highest BCUT2D eigenvalue weighted by atomic mass is 79.9. The van der Waals surface area contributed by atoms with Gasteiger partial charge in [-0.25, -0.2) is 0 Å². The van der Waals surface area contributed by atoms with E-state index in [-0.39, 0.29) is 12.2 Å². The zero-order valence-electron chi connectivity index (χ0n) is 22.9. The van der Waals surface area contributed by atoms with Gasteiger partial charge in [-0.05, 0) is 89.4 Å². The van der Waals surface area contributed by atoms with E-state index in [1.54, 1.807) is 0 Å². The topological polar surface area (TPSA) is 52.8 Å². The van der Waals surface area contributed by atoms with Crippen LogP contribution in [0.1, 0.15) is 33.4 Å². The molecule has 2 saturated heterocycles. The number of ether oxygens (including phenoxy) is 5. The second kappa shape index (κ2) is 15.5. The summed E-state index contributed by atoms with van der Waals surface area (Å²) in [7, 11) is 0. The van der Waals surface area contributed by atoms with E-state index in [2.05, 4.69) is 90.0 Å². The monoisotopic (exact) mass is 814 g/mol. The molecule has 0 N–H and O–H groups in total. The van der Waals surface area contributed by atoms with E-state index >= 15 is 0 Å². The van der Waals surface area contributed by atoms with E-state index in [0.717, 1.165) is 76.0 Å². The van der Waals surface area contributed by atoms with Crippen LogP contribution in [0.4, 0.5) is 0 Å². The van der Waals surface area contributed by atoms with Crippen LogP contribution in [0, 0.1) is 0 Å². The molecule has 2 aromatic carbocycles. The minimum atomic E-state index is 0.149. The molecule has 0 aromatic heterocycles. The van der Waals surface area contributed by atoms with Gasteiger partial charge >= 0.3 is 0 Å². The highest BCUT2D eigenvalue weighted by molar-refractivity contribution is 9.11. The number of hydrogen-bond acceptors (Lipinski definition) is 5.